The van der Waals surface area contributed by atoms with Crippen molar-refractivity contribution >= 4 is 20.9 Å². The Balaban J connectivity index is 2.03. The van der Waals surface area contributed by atoms with Gasteiger partial charge in [-0.2, -0.15) is 0 Å². The summed E-state index contributed by atoms with van der Waals surface area (Å²) in [6, 6.07) is 12.5. The van der Waals surface area contributed by atoms with E-state index in [2.05, 4.69) is 25.7 Å². The van der Waals surface area contributed by atoms with Crippen LogP contribution in [0.15, 0.2) is 53.6 Å². The normalized spacial score (nSPS) is 13.2. The Morgan fingerprint density at radius 1 is 1.03 bits per heavy atom. The molecule has 1 heterocycles. The molecule has 30 heavy (non-hydrogen) atoms. The second-order valence-corrected chi connectivity index (χ2v) is 9.83. The average Bonchev–Trinajstić information content (AvgIpc) is 3.15. The molecule has 0 radical (unpaired) electrons. The van der Waals surface area contributed by atoms with Gasteiger partial charge in [0, 0.05) is 23.7 Å². The summed E-state index contributed by atoms with van der Waals surface area (Å²) in [5, 5.41) is 0.799. The highest BCUT2D eigenvalue weighted by molar-refractivity contribution is 7.90. The molecule has 1 unspecified atom stereocenters. The number of nitrogens with zero attached hydrogens (tertiary/aromatic N) is 2. The zero-order valence-corrected chi connectivity index (χ0v) is 19.2. The Morgan fingerprint density at radius 3 is 2.40 bits per heavy atom. The Kier molecular flexibility index (Phi) is 6.43. The maximum Gasteiger partial charge on any atom is 0.268 e. The number of ether oxygens (including phenoxy) is 2. The smallest absolute Gasteiger partial charge is 0.268 e. The van der Waals surface area contributed by atoms with Gasteiger partial charge in [-0.1, -0.05) is 19.9 Å². The minimum atomic E-state index is -3.78. The van der Waals surface area contributed by atoms with E-state index >= 15 is 0 Å². The molecule has 2 aromatic carbocycles. The molecule has 0 amide bonds. The molecule has 1 atom stereocenters. The summed E-state index contributed by atoms with van der Waals surface area (Å²) in [7, 11) is 1.79. The third-order valence-corrected chi connectivity index (χ3v) is 7.07. The van der Waals surface area contributed by atoms with Gasteiger partial charge in [0.05, 0.1) is 17.5 Å². The largest absolute Gasteiger partial charge is 0.497 e. The summed E-state index contributed by atoms with van der Waals surface area (Å²) in [4.78, 5) is 2.27. The van der Waals surface area contributed by atoms with Crippen molar-refractivity contribution in [3.8, 4) is 11.5 Å². The fraction of sp³-hybridized carbons (Fsp3) is 0.391. The third kappa shape index (κ3) is 4.32. The fourth-order valence-electron chi connectivity index (χ4n) is 3.18. The quantitative estimate of drug-likeness (QED) is 0.532. The van der Waals surface area contributed by atoms with E-state index in [9.17, 15) is 8.42 Å². The first-order valence-corrected chi connectivity index (χ1v) is 11.4. The van der Waals surface area contributed by atoms with E-state index < -0.39 is 10.0 Å². The molecule has 0 aliphatic rings. The number of hydrogen-bond donors (Lipinski definition) is 0. The van der Waals surface area contributed by atoms with Crippen LogP contribution in [0, 0.1) is 0 Å². The highest BCUT2D eigenvalue weighted by Crippen LogP contribution is 2.32. The molecule has 0 aliphatic heterocycles. The second-order valence-electron chi connectivity index (χ2n) is 8.02. The van der Waals surface area contributed by atoms with E-state index in [1.807, 2.05) is 26.2 Å². The first-order chi connectivity index (χ1) is 14.1. The maximum atomic E-state index is 13.4. The van der Waals surface area contributed by atoms with E-state index in [1.165, 1.54) is 3.97 Å². The summed E-state index contributed by atoms with van der Waals surface area (Å²) in [6.07, 6.45) is 1.57. The topological polar surface area (TPSA) is 60.8 Å². The van der Waals surface area contributed by atoms with Crippen LogP contribution in [0.4, 0.5) is 0 Å². The van der Waals surface area contributed by atoms with Crippen molar-refractivity contribution in [1.82, 2.24) is 8.87 Å². The molecule has 0 N–H and O–H groups in total. The van der Waals surface area contributed by atoms with Crippen molar-refractivity contribution in [2.45, 2.75) is 37.6 Å². The molecule has 0 saturated heterocycles. The van der Waals surface area contributed by atoms with Crippen molar-refractivity contribution in [1.29, 1.82) is 0 Å². The van der Waals surface area contributed by atoms with Crippen LogP contribution in [-0.4, -0.2) is 51.1 Å². The van der Waals surface area contributed by atoms with Gasteiger partial charge in [0.15, 0.2) is 0 Å². The van der Waals surface area contributed by atoms with Gasteiger partial charge in [-0.15, -0.1) is 0 Å². The van der Waals surface area contributed by atoms with Gasteiger partial charge < -0.3 is 14.4 Å². The highest BCUT2D eigenvalue weighted by atomic mass is 32.2. The Bertz CT molecular complexity index is 1130. The van der Waals surface area contributed by atoms with Crippen molar-refractivity contribution in [2.75, 3.05) is 27.8 Å². The summed E-state index contributed by atoms with van der Waals surface area (Å²) in [5.74, 6) is 1.51. The number of benzene rings is 2. The molecule has 7 heteroatoms. The maximum absolute atomic E-state index is 13.4. The standard InChI is InChI=1S/C23H30N2O4S/c1-16(2)21-9-8-20(14-23(21)29-15-17(3)24(4)5)30(26,27)25-12-11-18-13-19(28-6)7-10-22(18)25/h7-14,16-17H,15H2,1-6H3. The number of likely N-dealkylation sites (N-methyl/N-ethyl adjacent to an activating group) is 1. The zero-order chi connectivity index (χ0) is 22.1. The average molecular weight is 431 g/mol. The lowest BCUT2D eigenvalue weighted by Crippen LogP contribution is -2.30. The van der Waals surface area contributed by atoms with Crippen molar-refractivity contribution in [3.05, 3.63) is 54.2 Å². The monoisotopic (exact) mass is 430 g/mol. The molecule has 1 aromatic heterocycles. The van der Waals surface area contributed by atoms with Crippen LogP contribution in [0.25, 0.3) is 10.9 Å². The van der Waals surface area contributed by atoms with Gasteiger partial charge in [0.25, 0.3) is 10.0 Å². The lowest BCUT2D eigenvalue weighted by molar-refractivity contribution is 0.196. The molecule has 0 aliphatic carbocycles. The van der Waals surface area contributed by atoms with Gasteiger partial charge in [0.2, 0.25) is 0 Å². The van der Waals surface area contributed by atoms with E-state index in [4.69, 9.17) is 9.47 Å². The fourth-order valence-corrected chi connectivity index (χ4v) is 4.55. The number of fused-ring (bicyclic) bond motifs is 1. The lowest BCUT2D eigenvalue weighted by Gasteiger charge is -2.22. The molecule has 3 aromatic rings. The zero-order valence-electron chi connectivity index (χ0n) is 18.4. The van der Waals surface area contributed by atoms with Crippen LogP contribution in [0.3, 0.4) is 0 Å². The first kappa shape index (κ1) is 22.2. The van der Waals surface area contributed by atoms with Crippen LogP contribution in [-0.2, 0) is 10.0 Å². The molecule has 162 valence electrons. The SMILES string of the molecule is COc1ccc2c(ccn2S(=O)(=O)c2ccc(C(C)C)c(OCC(C)N(C)C)c2)c1. The molecular formula is C23H30N2O4S. The van der Waals surface area contributed by atoms with Crippen LogP contribution >= 0.6 is 0 Å². The van der Waals surface area contributed by atoms with Gasteiger partial charge in [-0.3, -0.25) is 0 Å². The summed E-state index contributed by atoms with van der Waals surface area (Å²) in [5.41, 5.74) is 1.59. The molecule has 0 spiro atoms. The van der Waals surface area contributed by atoms with Crippen molar-refractivity contribution in [2.24, 2.45) is 0 Å². The predicted molar refractivity (Wildman–Crippen MR) is 120 cm³/mol. The minimum Gasteiger partial charge on any atom is -0.497 e. The molecule has 3 rings (SSSR count). The van der Waals surface area contributed by atoms with Gasteiger partial charge in [0.1, 0.15) is 18.1 Å². The van der Waals surface area contributed by atoms with Gasteiger partial charge in [-0.25, -0.2) is 12.4 Å². The molecule has 0 bridgehead atoms. The van der Waals surface area contributed by atoms with E-state index in [-0.39, 0.29) is 16.9 Å². The van der Waals surface area contributed by atoms with E-state index in [0.717, 1.165) is 10.9 Å². The Hall–Kier alpha value is -2.51. The number of aromatic nitrogens is 1. The van der Waals surface area contributed by atoms with Crippen molar-refractivity contribution < 1.29 is 17.9 Å². The summed E-state index contributed by atoms with van der Waals surface area (Å²) < 4.78 is 39.4. The van der Waals surface area contributed by atoms with E-state index in [0.29, 0.717) is 23.6 Å². The second kappa shape index (κ2) is 8.70. The first-order valence-electron chi connectivity index (χ1n) is 9.99. The number of methoxy groups -OCH3 is 1. The highest BCUT2D eigenvalue weighted by Gasteiger charge is 2.22. The summed E-state index contributed by atoms with van der Waals surface area (Å²) in [6.45, 7) is 6.68. The predicted octanol–water partition coefficient (Wildman–Crippen LogP) is 4.34. The van der Waals surface area contributed by atoms with Crippen molar-refractivity contribution in [3.63, 3.8) is 0 Å². The third-order valence-electron chi connectivity index (χ3n) is 5.39. The van der Waals surface area contributed by atoms with Crippen LogP contribution in [0.1, 0.15) is 32.3 Å². The van der Waals surface area contributed by atoms with Gasteiger partial charge >= 0.3 is 0 Å². The summed E-state index contributed by atoms with van der Waals surface area (Å²) >= 11 is 0. The van der Waals surface area contributed by atoms with Crippen LogP contribution in [0.5, 0.6) is 11.5 Å². The minimum absolute atomic E-state index is 0.202. The Labute approximate surface area is 179 Å². The van der Waals surface area contributed by atoms with Crippen LogP contribution < -0.4 is 9.47 Å². The number of rotatable bonds is 8. The Morgan fingerprint density at radius 2 is 1.77 bits per heavy atom. The lowest BCUT2D eigenvalue weighted by atomic mass is 10.0. The van der Waals surface area contributed by atoms with Crippen LogP contribution in [0.2, 0.25) is 0 Å². The molecular weight excluding hydrogens is 400 g/mol. The molecule has 6 nitrogen and oxygen atoms in total. The number of hydrogen-bond acceptors (Lipinski definition) is 5. The molecule has 0 fully saturated rings. The molecule has 0 saturated carbocycles. The van der Waals surface area contributed by atoms with E-state index in [1.54, 1.807) is 43.6 Å². The van der Waals surface area contributed by atoms with Gasteiger partial charge in [-0.05, 0) is 62.8 Å².